The van der Waals surface area contributed by atoms with Crippen LogP contribution in [0, 0.1) is 0 Å². The van der Waals surface area contributed by atoms with E-state index in [9.17, 15) is 4.79 Å². The maximum atomic E-state index is 10.7. The van der Waals surface area contributed by atoms with Crippen LogP contribution in [0.25, 0.3) is 0 Å². The zero-order valence-corrected chi connectivity index (χ0v) is 12.1. The number of ether oxygens (including phenoxy) is 2. The zero-order chi connectivity index (χ0) is 13.5. The van der Waals surface area contributed by atoms with E-state index in [0.717, 1.165) is 5.56 Å². The molecule has 0 aliphatic rings. The van der Waals surface area contributed by atoms with Gasteiger partial charge in [-0.25, -0.2) is 0 Å². The lowest BCUT2D eigenvalue weighted by atomic mass is 10.2. The summed E-state index contributed by atoms with van der Waals surface area (Å²) in [6.07, 6.45) is 0. The number of hydrogen-bond acceptors (Lipinski definition) is 4. The van der Waals surface area contributed by atoms with Crippen LogP contribution in [0.1, 0.15) is 19.4 Å². The third kappa shape index (κ3) is 5.36. The Hall–Kier alpha value is -1.46. The number of halogens is 1. The molecule has 0 saturated heterocycles. The quantitative estimate of drug-likeness (QED) is 0.804. The van der Waals surface area contributed by atoms with Crippen LogP contribution in [0.2, 0.25) is 0 Å². The second kappa shape index (κ2) is 8.61. The van der Waals surface area contributed by atoms with Gasteiger partial charge in [0, 0.05) is 6.54 Å². The summed E-state index contributed by atoms with van der Waals surface area (Å²) in [5.41, 5.74) is 0.951. The van der Waals surface area contributed by atoms with Crippen molar-refractivity contribution in [2.75, 3.05) is 13.7 Å². The third-order valence-corrected chi connectivity index (χ3v) is 2.51. The summed E-state index contributed by atoms with van der Waals surface area (Å²) in [5.74, 6) is 0.475. The fraction of sp³-hybridized carbons (Fsp3) is 0.462. The lowest BCUT2D eigenvalue weighted by Crippen LogP contribution is -2.33. The maximum Gasteiger partial charge on any atom is 0.320 e. The number of carbonyl (C=O) groups is 1. The highest BCUT2D eigenvalue weighted by atomic mass is 35.5. The number of carboxylic acid groups (broad SMARTS) is 1. The molecular weight excluding hydrogens is 270 g/mol. The number of rotatable bonds is 7. The number of benzene rings is 1. The minimum atomic E-state index is -0.867. The Bertz CT molecular complexity index is 412. The van der Waals surface area contributed by atoms with Crippen LogP contribution < -0.4 is 14.8 Å². The Morgan fingerprint density at radius 1 is 1.42 bits per heavy atom. The first kappa shape index (κ1) is 17.5. The van der Waals surface area contributed by atoms with Crippen LogP contribution >= 0.6 is 12.4 Å². The summed E-state index contributed by atoms with van der Waals surface area (Å²) in [5, 5.41) is 11.7. The molecule has 0 saturated carbocycles. The molecule has 0 radical (unpaired) electrons. The Kier molecular flexibility index (Phi) is 7.95. The Morgan fingerprint density at radius 2 is 2.11 bits per heavy atom. The van der Waals surface area contributed by atoms with E-state index in [2.05, 4.69) is 5.32 Å². The van der Waals surface area contributed by atoms with Crippen LogP contribution in [0.5, 0.6) is 11.5 Å². The van der Waals surface area contributed by atoms with Crippen molar-refractivity contribution in [3.8, 4) is 11.5 Å². The highest BCUT2D eigenvalue weighted by molar-refractivity contribution is 5.85. The van der Waals surface area contributed by atoms with E-state index >= 15 is 0 Å². The van der Waals surface area contributed by atoms with Crippen LogP contribution in [0.15, 0.2) is 18.2 Å². The first-order chi connectivity index (χ1) is 8.58. The summed E-state index contributed by atoms with van der Waals surface area (Å²) in [4.78, 5) is 10.7. The van der Waals surface area contributed by atoms with Crippen molar-refractivity contribution in [1.82, 2.24) is 5.32 Å². The molecular formula is C13H20ClNO4. The molecule has 0 aromatic heterocycles. The van der Waals surface area contributed by atoms with Crippen molar-refractivity contribution >= 4 is 18.4 Å². The van der Waals surface area contributed by atoms with E-state index in [1.165, 1.54) is 0 Å². The van der Waals surface area contributed by atoms with Gasteiger partial charge >= 0.3 is 5.97 Å². The highest BCUT2D eigenvalue weighted by Crippen LogP contribution is 2.27. The molecule has 0 aliphatic heterocycles. The van der Waals surface area contributed by atoms with Gasteiger partial charge in [0.2, 0.25) is 0 Å². The number of nitrogens with one attached hydrogen (secondary N) is 1. The van der Waals surface area contributed by atoms with E-state index in [0.29, 0.717) is 24.7 Å². The predicted molar refractivity (Wildman–Crippen MR) is 75.3 cm³/mol. The standard InChI is InChI=1S/C13H19NO4.ClH/c1-4-18-12-7-10(5-6-11(12)17-3)8-14-9(2)13(15)16;/h5-7,9,14H,4,8H2,1-3H3,(H,15,16);1H. The normalized spacial score (nSPS) is 11.3. The maximum absolute atomic E-state index is 10.7. The topological polar surface area (TPSA) is 67.8 Å². The van der Waals surface area contributed by atoms with Gasteiger partial charge in [-0.3, -0.25) is 4.79 Å². The van der Waals surface area contributed by atoms with Gasteiger partial charge < -0.3 is 19.9 Å². The molecule has 5 nitrogen and oxygen atoms in total. The molecule has 0 amide bonds. The molecule has 0 heterocycles. The molecule has 1 aromatic carbocycles. The van der Waals surface area contributed by atoms with Gasteiger partial charge in [0.25, 0.3) is 0 Å². The molecule has 2 N–H and O–H groups in total. The highest BCUT2D eigenvalue weighted by Gasteiger charge is 2.10. The average molecular weight is 290 g/mol. The van der Waals surface area contributed by atoms with Crippen LogP contribution in [-0.2, 0) is 11.3 Å². The van der Waals surface area contributed by atoms with Crippen molar-refractivity contribution in [1.29, 1.82) is 0 Å². The average Bonchev–Trinajstić information content (AvgIpc) is 2.36. The first-order valence-electron chi connectivity index (χ1n) is 5.84. The minimum absolute atomic E-state index is 0. The number of aliphatic carboxylic acids is 1. The lowest BCUT2D eigenvalue weighted by Gasteiger charge is -2.13. The molecule has 1 rings (SSSR count). The molecule has 0 spiro atoms. The molecule has 1 unspecified atom stereocenters. The molecule has 19 heavy (non-hydrogen) atoms. The first-order valence-corrected chi connectivity index (χ1v) is 5.84. The molecule has 0 fully saturated rings. The van der Waals surface area contributed by atoms with E-state index in [1.54, 1.807) is 14.0 Å². The van der Waals surface area contributed by atoms with Gasteiger partial charge in [-0.1, -0.05) is 6.07 Å². The summed E-state index contributed by atoms with van der Waals surface area (Å²) in [6.45, 7) is 4.53. The van der Waals surface area contributed by atoms with Gasteiger partial charge in [0.05, 0.1) is 13.7 Å². The van der Waals surface area contributed by atoms with Crippen molar-refractivity contribution in [2.24, 2.45) is 0 Å². The monoisotopic (exact) mass is 289 g/mol. The third-order valence-electron chi connectivity index (χ3n) is 2.51. The molecule has 6 heteroatoms. The van der Waals surface area contributed by atoms with Crippen LogP contribution in [0.4, 0.5) is 0 Å². The summed E-state index contributed by atoms with van der Waals surface area (Å²) >= 11 is 0. The van der Waals surface area contributed by atoms with Crippen molar-refractivity contribution in [3.05, 3.63) is 23.8 Å². The van der Waals surface area contributed by atoms with Gasteiger partial charge in [0.15, 0.2) is 11.5 Å². The molecule has 1 atom stereocenters. The van der Waals surface area contributed by atoms with Crippen molar-refractivity contribution in [2.45, 2.75) is 26.4 Å². The predicted octanol–water partition coefficient (Wildman–Crippen LogP) is 2.08. The Morgan fingerprint density at radius 3 is 2.63 bits per heavy atom. The van der Waals surface area contributed by atoms with Crippen molar-refractivity contribution in [3.63, 3.8) is 0 Å². The van der Waals surface area contributed by atoms with Gasteiger partial charge in [-0.05, 0) is 31.5 Å². The second-order valence-corrected chi connectivity index (χ2v) is 3.86. The Balaban J connectivity index is 0.00000324. The van der Waals surface area contributed by atoms with Crippen LogP contribution in [-0.4, -0.2) is 30.8 Å². The molecule has 108 valence electrons. The summed E-state index contributed by atoms with van der Waals surface area (Å²) in [7, 11) is 1.59. The number of hydrogen-bond donors (Lipinski definition) is 2. The number of carboxylic acids is 1. The van der Waals surface area contributed by atoms with Crippen LogP contribution in [0.3, 0.4) is 0 Å². The number of methoxy groups -OCH3 is 1. The largest absolute Gasteiger partial charge is 0.493 e. The molecule has 0 bridgehead atoms. The zero-order valence-electron chi connectivity index (χ0n) is 11.3. The minimum Gasteiger partial charge on any atom is -0.493 e. The summed E-state index contributed by atoms with van der Waals surface area (Å²) in [6, 6.07) is 4.96. The smallest absolute Gasteiger partial charge is 0.320 e. The van der Waals surface area contributed by atoms with Gasteiger partial charge in [-0.2, -0.15) is 0 Å². The van der Waals surface area contributed by atoms with E-state index in [-0.39, 0.29) is 12.4 Å². The van der Waals surface area contributed by atoms with E-state index in [4.69, 9.17) is 14.6 Å². The fourth-order valence-electron chi connectivity index (χ4n) is 1.46. The Labute approximate surface area is 119 Å². The SMILES string of the molecule is CCOc1cc(CNC(C)C(=O)O)ccc1OC.Cl. The van der Waals surface area contributed by atoms with E-state index in [1.807, 2.05) is 25.1 Å². The van der Waals surface area contributed by atoms with Gasteiger partial charge in [-0.15, -0.1) is 12.4 Å². The fourth-order valence-corrected chi connectivity index (χ4v) is 1.46. The van der Waals surface area contributed by atoms with E-state index < -0.39 is 12.0 Å². The lowest BCUT2D eigenvalue weighted by molar-refractivity contribution is -0.139. The van der Waals surface area contributed by atoms with Gasteiger partial charge in [0.1, 0.15) is 6.04 Å². The molecule has 0 aliphatic carbocycles. The molecule has 1 aromatic rings. The summed E-state index contributed by atoms with van der Waals surface area (Å²) < 4.78 is 10.6. The van der Waals surface area contributed by atoms with Crippen molar-refractivity contribution < 1.29 is 19.4 Å². The second-order valence-electron chi connectivity index (χ2n) is 3.86.